The van der Waals surface area contributed by atoms with E-state index in [1.54, 1.807) is 18.2 Å². The summed E-state index contributed by atoms with van der Waals surface area (Å²) in [7, 11) is 0. The molecule has 0 aromatic heterocycles. The van der Waals surface area contributed by atoms with Crippen LogP contribution in [-0.4, -0.2) is 4.43 Å². The minimum absolute atomic E-state index is 0.170. The summed E-state index contributed by atoms with van der Waals surface area (Å²) in [5.74, 6) is 0.258. The monoisotopic (exact) mass is 406 g/mol. The van der Waals surface area contributed by atoms with Crippen LogP contribution in [0.1, 0.15) is 17.5 Å². The van der Waals surface area contributed by atoms with E-state index in [2.05, 4.69) is 22.6 Å². The maximum Gasteiger partial charge on any atom is 0.419 e. The lowest BCUT2D eigenvalue weighted by Crippen LogP contribution is -2.06. The van der Waals surface area contributed by atoms with Crippen molar-refractivity contribution in [1.29, 1.82) is 0 Å². The summed E-state index contributed by atoms with van der Waals surface area (Å²) in [5.41, 5.74) is 0.302. The van der Waals surface area contributed by atoms with Gasteiger partial charge in [-0.3, -0.25) is 0 Å². The molecule has 0 atom stereocenters. The Hall–Kier alpha value is -1.24. The molecule has 0 heterocycles. The summed E-state index contributed by atoms with van der Waals surface area (Å²) in [4.78, 5) is 0. The van der Waals surface area contributed by atoms with Crippen molar-refractivity contribution in [1.82, 2.24) is 0 Å². The maximum atomic E-state index is 12.9. The van der Waals surface area contributed by atoms with Gasteiger partial charge < -0.3 is 4.74 Å². The molecule has 0 amide bonds. The molecule has 2 aromatic rings. The number of aryl methyl sites for hydroxylation is 1. The van der Waals surface area contributed by atoms with Crippen molar-refractivity contribution in [2.45, 2.75) is 19.0 Å². The summed E-state index contributed by atoms with van der Waals surface area (Å²) in [5, 5.41) is 0. The lowest BCUT2D eigenvalue weighted by atomic mass is 10.1. The molecule has 0 fully saturated rings. The highest BCUT2D eigenvalue weighted by Crippen LogP contribution is 2.37. The summed E-state index contributed by atoms with van der Waals surface area (Å²) in [6.45, 7) is 0. The van der Waals surface area contributed by atoms with E-state index in [1.165, 1.54) is 18.2 Å². The van der Waals surface area contributed by atoms with Gasteiger partial charge in [-0.25, -0.2) is 0 Å². The van der Waals surface area contributed by atoms with Gasteiger partial charge in [0, 0.05) is 0 Å². The highest BCUT2D eigenvalue weighted by molar-refractivity contribution is 14.1. The zero-order chi connectivity index (χ0) is 15.3. The first-order chi connectivity index (χ1) is 10.0. The van der Waals surface area contributed by atoms with Crippen molar-refractivity contribution < 1.29 is 17.9 Å². The van der Waals surface area contributed by atoms with Gasteiger partial charge in [-0.15, -0.1) is 0 Å². The molecule has 0 unspecified atom stereocenters. The van der Waals surface area contributed by atoms with Gasteiger partial charge in [-0.2, -0.15) is 13.2 Å². The lowest BCUT2D eigenvalue weighted by molar-refractivity contribution is -0.138. The number of alkyl halides is 4. The Morgan fingerprint density at radius 3 is 2.48 bits per heavy atom. The van der Waals surface area contributed by atoms with Crippen LogP contribution in [-0.2, 0) is 12.6 Å². The van der Waals surface area contributed by atoms with Crippen molar-refractivity contribution in [3.63, 3.8) is 0 Å². The molecule has 112 valence electrons. The van der Waals surface area contributed by atoms with Crippen LogP contribution < -0.4 is 4.74 Å². The third-order valence-corrected chi connectivity index (χ3v) is 3.68. The van der Waals surface area contributed by atoms with Gasteiger partial charge in [0.25, 0.3) is 0 Å². The molecule has 1 nitrogen and oxygen atoms in total. The molecule has 2 rings (SSSR count). The van der Waals surface area contributed by atoms with E-state index >= 15 is 0 Å². The van der Waals surface area contributed by atoms with Gasteiger partial charge >= 0.3 is 6.18 Å². The van der Waals surface area contributed by atoms with Crippen LogP contribution in [0.4, 0.5) is 13.2 Å². The van der Waals surface area contributed by atoms with Crippen molar-refractivity contribution in [3.8, 4) is 11.5 Å². The summed E-state index contributed by atoms with van der Waals surface area (Å²) >= 11 is 2.30. The second-order valence-corrected chi connectivity index (χ2v) is 5.61. The van der Waals surface area contributed by atoms with Gasteiger partial charge in [0.15, 0.2) is 0 Å². The summed E-state index contributed by atoms with van der Waals surface area (Å²) < 4.78 is 45.2. The molecule has 5 heteroatoms. The van der Waals surface area contributed by atoms with Gasteiger partial charge in [-0.1, -0.05) is 46.9 Å². The number of hydrogen-bond donors (Lipinski definition) is 0. The number of benzene rings is 2. The van der Waals surface area contributed by atoms with Gasteiger partial charge in [0.1, 0.15) is 11.5 Å². The Morgan fingerprint density at radius 1 is 1.00 bits per heavy atom. The van der Waals surface area contributed by atoms with E-state index < -0.39 is 11.7 Å². The predicted molar refractivity (Wildman–Crippen MR) is 85.2 cm³/mol. The first-order valence-electron chi connectivity index (χ1n) is 6.49. The van der Waals surface area contributed by atoms with Crippen LogP contribution in [0.5, 0.6) is 11.5 Å². The average Bonchev–Trinajstić information content (AvgIpc) is 2.45. The Labute approximate surface area is 135 Å². The number of halogens is 4. The fourth-order valence-electron chi connectivity index (χ4n) is 1.95. The van der Waals surface area contributed by atoms with E-state index in [0.717, 1.165) is 28.9 Å². The van der Waals surface area contributed by atoms with Gasteiger partial charge in [0.2, 0.25) is 0 Å². The zero-order valence-corrected chi connectivity index (χ0v) is 13.3. The molecule has 0 aliphatic carbocycles. The predicted octanol–water partition coefficient (Wildman–Crippen LogP) is 5.87. The molecule has 0 aliphatic rings. The van der Waals surface area contributed by atoms with Crippen LogP contribution in [0.25, 0.3) is 0 Å². The van der Waals surface area contributed by atoms with E-state index in [0.29, 0.717) is 5.75 Å². The Kier molecular flexibility index (Phi) is 5.50. The minimum atomic E-state index is -4.42. The second kappa shape index (κ2) is 7.15. The second-order valence-electron chi connectivity index (χ2n) is 4.54. The molecular weight excluding hydrogens is 392 g/mol. The number of hydrogen-bond acceptors (Lipinski definition) is 1. The molecule has 0 bridgehead atoms. The zero-order valence-electron chi connectivity index (χ0n) is 11.2. The van der Waals surface area contributed by atoms with Crippen LogP contribution in [0.2, 0.25) is 0 Å². The molecular formula is C16H14F3IO. The molecule has 2 aromatic carbocycles. The van der Waals surface area contributed by atoms with Gasteiger partial charge in [0.05, 0.1) is 5.56 Å². The normalized spacial score (nSPS) is 11.4. The van der Waals surface area contributed by atoms with E-state index in [4.69, 9.17) is 4.74 Å². The molecule has 0 spiro atoms. The number of ether oxygens (including phenoxy) is 1. The van der Waals surface area contributed by atoms with Crippen molar-refractivity contribution in [3.05, 3.63) is 59.7 Å². The van der Waals surface area contributed by atoms with Crippen LogP contribution in [0, 0.1) is 0 Å². The van der Waals surface area contributed by atoms with E-state index in [1.807, 2.05) is 6.07 Å². The standard InChI is InChI=1S/C16H14F3IO/c17-16(18,19)14-8-1-2-9-15(14)21-13-7-3-5-12(11-13)6-4-10-20/h1-3,5,7-9,11H,4,6,10H2. The Morgan fingerprint density at radius 2 is 1.76 bits per heavy atom. The number of rotatable bonds is 5. The van der Waals surface area contributed by atoms with E-state index in [9.17, 15) is 13.2 Å². The topological polar surface area (TPSA) is 9.23 Å². The maximum absolute atomic E-state index is 12.9. The Bertz CT molecular complexity index is 596. The Balaban J connectivity index is 2.23. The van der Waals surface area contributed by atoms with Crippen molar-refractivity contribution >= 4 is 22.6 Å². The molecule has 0 aliphatic heterocycles. The van der Waals surface area contributed by atoms with E-state index in [-0.39, 0.29) is 5.75 Å². The first kappa shape index (κ1) is 16.1. The summed E-state index contributed by atoms with van der Waals surface area (Å²) in [6, 6.07) is 12.5. The lowest BCUT2D eigenvalue weighted by Gasteiger charge is -2.14. The minimum Gasteiger partial charge on any atom is -0.457 e. The molecule has 0 N–H and O–H groups in total. The molecule has 0 radical (unpaired) electrons. The third-order valence-electron chi connectivity index (χ3n) is 2.92. The highest BCUT2D eigenvalue weighted by Gasteiger charge is 2.34. The number of para-hydroxylation sites is 1. The van der Waals surface area contributed by atoms with Crippen molar-refractivity contribution in [2.75, 3.05) is 4.43 Å². The summed E-state index contributed by atoms with van der Waals surface area (Å²) in [6.07, 6.45) is -2.50. The quantitative estimate of drug-likeness (QED) is 0.446. The van der Waals surface area contributed by atoms with Crippen LogP contribution in [0.15, 0.2) is 48.5 Å². The first-order valence-corrected chi connectivity index (χ1v) is 8.02. The smallest absolute Gasteiger partial charge is 0.419 e. The largest absolute Gasteiger partial charge is 0.457 e. The fraction of sp³-hybridized carbons (Fsp3) is 0.250. The van der Waals surface area contributed by atoms with Crippen LogP contribution in [0.3, 0.4) is 0 Å². The third kappa shape index (κ3) is 4.62. The fourth-order valence-corrected chi connectivity index (χ4v) is 2.33. The average molecular weight is 406 g/mol. The van der Waals surface area contributed by atoms with Gasteiger partial charge in [-0.05, 0) is 47.1 Å². The molecule has 21 heavy (non-hydrogen) atoms. The molecule has 0 saturated heterocycles. The van der Waals surface area contributed by atoms with Crippen molar-refractivity contribution in [2.24, 2.45) is 0 Å². The molecule has 0 saturated carbocycles. The SMILES string of the molecule is FC(F)(F)c1ccccc1Oc1cccc(CCCI)c1. The van der Waals surface area contributed by atoms with Crippen LogP contribution >= 0.6 is 22.6 Å². The highest BCUT2D eigenvalue weighted by atomic mass is 127.